The Morgan fingerprint density at radius 1 is 1.17 bits per heavy atom. The number of carbonyl (C=O) groups excluding carboxylic acids is 1. The summed E-state index contributed by atoms with van der Waals surface area (Å²) >= 11 is 11.0. The van der Waals surface area contributed by atoms with Crippen LogP contribution in [-0.2, 0) is 0 Å². The molecule has 0 aliphatic heterocycles. The van der Waals surface area contributed by atoms with Crippen molar-refractivity contribution < 1.29 is 4.79 Å². The van der Waals surface area contributed by atoms with E-state index in [1.807, 2.05) is 19.9 Å². The molecule has 1 heterocycles. The number of thiocarbonyl (C=S) groups is 1. The van der Waals surface area contributed by atoms with Crippen LogP contribution in [0.4, 0.5) is 5.69 Å². The van der Waals surface area contributed by atoms with Gasteiger partial charge in [0, 0.05) is 28.1 Å². The molecule has 1 aromatic heterocycles. The number of hydrazine groups is 1. The summed E-state index contributed by atoms with van der Waals surface area (Å²) in [6, 6.07) is 9.29. The van der Waals surface area contributed by atoms with E-state index in [9.17, 15) is 4.79 Å². The van der Waals surface area contributed by atoms with Crippen LogP contribution in [0.3, 0.4) is 0 Å². The molecule has 24 heavy (non-hydrogen) atoms. The van der Waals surface area contributed by atoms with Crippen molar-refractivity contribution in [3.8, 4) is 0 Å². The molecule has 5 nitrogen and oxygen atoms in total. The van der Waals surface area contributed by atoms with Gasteiger partial charge in [0.15, 0.2) is 5.11 Å². The van der Waals surface area contributed by atoms with E-state index in [1.165, 1.54) is 0 Å². The fourth-order valence-electron chi connectivity index (χ4n) is 2.68. The number of benzene rings is 1. The minimum atomic E-state index is -0.227. The lowest BCUT2D eigenvalue weighted by Crippen LogP contribution is -2.43. The molecule has 0 radical (unpaired) electrons. The number of hydrogen-bond acceptors (Lipinski definition) is 2. The minimum Gasteiger partial charge on any atom is -0.346 e. The lowest BCUT2D eigenvalue weighted by atomic mass is 10.2. The number of carbonyl (C=O) groups is 1. The van der Waals surface area contributed by atoms with Crippen molar-refractivity contribution in [3.05, 3.63) is 52.3 Å². The maximum Gasteiger partial charge on any atom is 0.271 e. The summed E-state index contributed by atoms with van der Waals surface area (Å²) in [6.45, 7) is 8.10. The maximum absolute atomic E-state index is 12.4. The van der Waals surface area contributed by atoms with E-state index in [0.29, 0.717) is 21.7 Å². The zero-order valence-corrected chi connectivity index (χ0v) is 15.7. The first-order valence-electron chi connectivity index (χ1n) is 7.61. The van der Waals surface area contributed by atoms with E-state index in [4.69, 9.17) is 23.8 Å². The zero-order valence-electron chi connectivity index (χ0n) is 14.1. The molecule has 0 saturated carbocycles. The molecule has 0 atom stereocenters. The van der Waals surface area contributed by atoms with Crippen LogP contribution in [0, 0.1) is 13.8 Å². The number of amides is 1. The van der Waals surface area contributed by atoms with Gasteiger partial charge in [-0.2, -0.15) is 0 Å². The summed E-state index contributed by atoms with van der Waals surface area (Å²) in [5.41, 5.74) is 8.72. The number of anilines is 1. The van der Waals surface area contributed by atoms with Crippen LogP contribution < -0.4 is 16.2 Å². The third kappa shape index (κ3) is 4.27. The van der Waals surface area contributed by atoms with Gasteiger partial charge in [-0.3, -0.25) is 15.6 Å². The average molecular weight is 365 g/mol. The van der Waals surface area contributed by atoms with Crippen LogP contribution >= 0.6 is 23.8 Å². The number of aromatic nitrogens is 1. The first-order chi connectivity index (χ1) is 11.3. The molecule has 2 aromatic rings. The number of nitrogens with zero attached hydrogens (tertiary/aromatic N) is 1. The van der Waals surface area contributed by atoms with Crippen molar-refractivity contribution in [2.24, 2.45) is 0 Å². The molecule has 1 amide bonds. The van der Waals surface area contributed by atoms with Gasteiger partial charge in [-0.1, -0.05) is 11.6 Å². The van der Waals surface area contributed by atoms with Crippen LogP contribution in [0.15, 0.2) is 30.3 Å². The predicted molar refractivity (Wildman–Crippen MR) is 103 cm³/mol. The first-order valence-corrected chi connectivity index (χ1v) is 8.39. The molecule has 0 spiro atoms. The van der Waals surface area contributed by atoms with E-state index in [-0.39, 0.29) is 5.91 Å². The Kier molecular flexibility index (Phi) is 5.85. The van der Waals surface area contributed by atoms with Gasteiger partial charge < -0.3 is 9.88 Å². The second kappa shape index (κ2) is 7.68. The van der Waals surface area contributed by atoms with Crippen LogP contribution in [-0.4, -0.2) is 15.6 Å². The lowest BCUT2D eigenvalue weighted by Gasteiger charge is -2.14. The number of halogens is 1. The van der Waals surface area contributed by atoms with Gasteiger partial charge in [0.25, 0.3) is 5.91 Å². The summed E-state index contributed by atoms with van der Waals surface area (Å²) in [5.74, 6) is -0.227. The van der Waals surface area contributed by atoms with Crippen LogP contribution in [0.25, 0.3) is 0 Å². The summed E-state index contributed by atoms with van der Waals surface area (Å²) in [4.78, 5) is 12.4. The molecule has 0 bridgehead atoms. The summed E-state index contributed by atoms with van der Waals surface area (Å²) < 4.78 is 2.12. The molecular weight excluding hydrogens is 344 g/mol. The fraction of sp³-hybridized carbons (Fsp3) is 0.294. The first kappa shape index (κ1) is 18.3. The number of hydrogen-bond donors (Lipinski definition) is 3. The van der Waals surface area contributed by atoms with Gasteiger partial charge in [-0.15, -0.1) is 0 Å². The Morgan fingerprint density at radius 3 is 2.33 bits per heavy atom. The van der Waals surface area contributed by atoms with E-state index >= 15 is 0 Å². The van der Waals surface area contributed by atoms with Crippen LogP contribution in [0.2, 0.25) is 5.02 Å². The molecule has 0 aliphatic rings. The fourth-order valence-corrected chi connectivity index (χ4v) is 2.97. The summed E-state index contributed by atoms with van der Waals surface area (Å²) in [5, 5.41) is 3.91. The van der Waals surface area contributed by atoms with Crippen molar-refractivity contribution >= 4 is 40.5 Å². The van der Waals surface area contributed by atoms with Crippen LogP contribution in [0.5, 0.6) is 0 Å². The van der Waals surface area contributed by atoms with E-state index in [2.05, 4.69) is 34.6 Å². The van der Waals surface area contributed by atoms with Crippen molar-refractivity contribution in [1.29, 1.82) is 0 Å². The number of rotatable bonds is 3. The van der Waals surface area contributed by atoms with Crippen molar-refractivity contribution in [3.63, 3.8) is 0 Å². The highest BCUT2D eigenvalue weighted by Crippen LogP contribution is 2.19. The Bertz CT molecular complexity index is 753. The van der Waals surface area contributed by atoms with E-state index < -0.39 is 0 Å². The Hall–Kier alpha value is -2.05. The maximum atomic E-state index is 12.4. The summed E-state index contributed by atoms with van der Waals surface area (Å²) in [7, 11) is 0. The molecule has 2 rings (SSSR count). The van der Waals surface area contributed by atoms with Crippen LogP contribution in [0.1, 0.15) is 41.6 Å². The topological polar surface area (TPSA) is 58.1 Å². The van der Waals surface area contributed by atoms with E-state index in [1.54, 1.807) is 24.3 Å². The smallest absolute Gasteiger partial charge is 0.271 e. The van der Waals surface area contributed by atoms with Crippen molar-refractivity contribution in [2.45, 2.75) is 33.7 Å². The normalized spacial score (nSPS) is 10.6. The van der Waals surface area contributed by atoms with Crippen molar-refractivity contribution in [2.75, 3.05) is 5.32 Å². The Labute approximate surface area is 152 Å². The van der Waals surface area contributed by atoms with Gasteiger partial charge >= 0.3 is 0 Å². The van der Waals surface area contributed by atoms with Crippen molar-refractivity contribution in [1.82, 2.24) is 15.4 Å². The monoisotopic (exact) mass is 364 g/mol. The molecule has 0 aliphatic carbocycles. The largest absolute Gasteiger partial charge is 0.346 e. The molecule has 0 saturated heterocycles. The van der Waals surface area contributed by atoms with E-state index in [0.717, 1.165) is 17.1 Å². The van der Waals surface area contributed by atoms with Gasteiger partial charge in [-0.05, 0) is 70.2 Å². The third-order valence-electron chi connectivity index (χ3n) is 3.64. The van der Waals surface area contributed by atoms with Gasteiger partial charge in [0.2, 0.25) is 0 Å². The molecule has 0 fully saturated rings. The second-order valence-electron chi connectivity index (χ2n) is 5.79. The molecule has 3 N–H and O–H groups in total. The standard InChI is InChI=1S/C17H21ClN4OS/c1-10(2)22-11(3)9-15(12(22)4)16(23)20-21-17(24)19-14-7-5-13(18)6-8-14/h5-10H,1-4H3,(H,20,23)(H2,19,21,24). The minimum absolute atomic E-state index is 0.227. The zero-order chi connectivity index (χ0) is 17.9. The molecule has 1 aromatic carbocycles. The van der Waals surface area contributed by atoms with Gasteiger partial charge in [0.1, 0.15) is 0 Å². The third-order valence-corrected chi connectivity index (χ3v) is 4.09. The molecule has 128 valence electrons. The average Bonchev–Trinajstić information content (AvgIpc) is 2.82. The van der Waals surface area contributed by atoms with Gasteiger partial charge in [0.05, 0.1) is 5.56 Å². The predicted octanol–water partition coefficient (Wildman–Crippen LogP) is 3.97. The molecule has 7 heteroatoms. The summed E-state index contributed by atoms with van der Waals surface area (Å²) in [6.07, 6.45) is 0. The van der Waals surface area contributed by atoms with Gasteiger partial charge in [-0.25, -0.2) is 0 Å². The highest BCUT2D eigenvalue weighted by Gasteiger charge is 2.17. The number of nitrogens with one attached hydrogen (secondary N) is 3. The highest BCUT2D eigenvalue weighted by atomic mass is 35.5. The Balaban J connectivity index is 1.97. The quantitative estimate of drug-likeness (QED) is 0.569. The molecule has 0 unspecified atom stereocenters. The molecular formula is C17H21ClN4OS. The lowest BCUT2D eigenvalue weighted by molar-refractivity contribution is 0.0943. The number of aryl methyl sites for hydroxylation is 1. The second-order valence-corrected chi connectivity index (χ2v) is 6.63. The Morgan fingerprint density at radius 2 is 1.79 bits per heavy atom. The highest BCUT2D eigenvalue weighted by molar-refractivity contribution is 7.80. The SMILES string of the molecule is Cc1cc(C(=O)NNC(=S)Nc2ccc(Cl)cc2)c(C)n1C(C)C.